The predicted octanol–water partition coefficient (Wildman–Crippen LogP) is 3.01. The largest absolute Gasteiger partial charge is 0.395 e. The lowest BCUT2D eigenvalue weighted by Crippen LogP contribution is -2.37. The van der Waals surface area contributed by atoms with Crippen LogP contribution >= 0.6 is 15.9 Å². The van der Waals surface area contributed by atoms with E-state index in [0.717, 1.165) is 0 Å². The number of nitrogens with one attached hydrogen (secondary N) is 1. The third-order valence-corrected chi connectivity index (χ3v) is 3.19. The van der Waals surface area contributed by atoms with Crippen molar-refractivity contribution in [3.05, 3.63) is 53.0 Å². The van der Waals surface area contributed by atoms with Gasteiger partial charge in [0.25, 0.3) is 0 Å². The Morgan fingerprint density at radius 3 is 2.86 bits per heavy atom. The first-order valence-corrected chi connectivity index (χ1v) is 6.95. The SMILES string of the molecule is O=C(Nc1ccc(Br)cc1F)N(CCO)c1cccnc1. The van der Waals surface area contributed by atoms with Gasteiger partial charge in [-0.05, 0) is 30.3 Å². The van der Waals surface area contributed by atoms with E-state index in [1.165, 1.54) is 23.2 Å². The number of aliphatic hydroxyl groups is 1. The summed E-state index contributed by atoms with van der Waals surface area (Å²) >= 11 is 3.15. The number of urea groups is 1. The second kappa shape index (κ2) is 7.14. The molecule has 0 aliphatic rings. The summed E-state index contributed by atoms with van der Waals surface area (Å²) in [5.74, 6) is -0.548. The molecule has 0 aliphatic heterocycles. The minimum absolute atomic E-state index is 0.0648. The van der Waals surface area contributed by atoms with Gasteiger partial charge in [-0.25, -0.2) is 9.18 Å². The molecule has 0 spiro atoms. The van der Waals surface area contributed by atoms with Gasteiger partial charge in [-0.1, -0.05) is 15.9 Å². The summed E-state index contributed by atoms with van der Waals surface area (Å²) in [5.41, 5.74) is 0.580. The lowest BCUT2D eigenvalue weighted by molar-refractivity contribution is 0.252. The fraction of sp³-hybridized carbons (Fsp3) is 0.143. The third-order valence-electron chi connectivity index (χ3n) is 2.70. The molecule has 1 heterocycles. The fourth-order valence-electron chi connectivity index (χ4n) is 1.73. The molecule has 2 rings (SSSR count). The van der Waals surface area contributed by atoms with Crippen LogP contribution in [0, 0.1) is 5.82 Å². The van der Waals surface area contributed by atoms with E-state index in [4.69, 9.17) is 5.11 Å². The van der Waals surface area contributed by atoms with E-state index in [0.29, 0.717) is 10.2 Å². The van der Waals surface area contributed by atoms with Crippen molar-refractivity contribution in [2.45, 2.75) is 0 Å². The van der Waals surface area contributed by atoms with Crippen LogP contribution in [0.1, 0.15) is 0 Å². The van der Waals surface area contributed by atoms with Gasteiger partial charge in [0.1, 0.15) is 5.82 Å². The standard InChI is InChI=1S/C14H13BrFN3O2/c15-10-3-4-13(12(16)8-10)18-14(21)19(6-7-20)11-2-1-5-17-9-11/h1-5,8-9,20H,6-7H2,(H,18,21). The monoisotopic (exact) mass is 353 g/mol. The lowest BCUT2D eigenvalue weighted by Gasteiger charge is -2.22. The normalized spacial score (nSPS) is 10.2. The summed E-state index contributed by atoms with van der Waals surface area (Å²) in [5, 5.41) is 11.6. The Bertz CT molecular complexity index is 625. The van der Waals surface area contributed by atoms with E-state index < -0.39 is 11.8 Å². The maximum atomic E-state index is 13.7. The number of benzene rings is 1. The Balaban J connectivity index is 2.19. The molecular weight excluding hydrogens is 341 g/mol. The Hall–Kier alpha value is -1.99. The van der Waals surface area contributed by atoms with Gasteiger partial charge < -0.3 is 10.4 Å². The zero-order valence-electron chi connectivity index (χ0n) is 11.0. The highest BCUT2D eigenvalue weighted by atomic mass is 79.9. The van der Waals surface area contributed by atoms with Crippen molar-refractivity contribution in [2.24, 2.45) is 0 Å². The molecule has 0 fully saturated rings. The quantitative estimate of drug-likeness (QED) is 0.887. The number of anilines is 2. The van der Waals surface area contributed by atoms with Gasteiger partial charge >= 0.3 is 6.03 Å². The molecule has 7 heteroatoms. The minimum Gasteiger partial charge on any atom is -0.395 e. The van der Waals surface area contributed by atoms with Crippen LogP contribution in [0.5, 0.6) is 0 Å². The summed E-state index contributed by atoms with van der Waals surface area (Å²) in [4.78, 5) is 17.4. The smallest absolute Gasteiger partial charge is 0.326 e. The number of carbonyl (C=O) groups is 1. The minimum atomic E-state index is -0.548. The number of carbonyl (C=O) groups excluding carboxylic acids is 1. The zero-order chi connectivity index (χ0) is 15.2. The summed E-state index contributed by atoms with van der Waals surface area (Å²) < 4.78 is 14.3. The number of amides is 2. The van der Waals surface area contributed by atoms with Gasteiger partial charge in [-0.2, -0.15) is 0 Å². The van der Waals surface area contributed by atoms with Crippen LogP contribution in [0.2, 0.25) is 0 Å². The van der Waals surface area contributed by atoms with Crippen molar-refractivity contribution in [3.63, 3.8) is 0 Å². The average Bonchev–Trinajstić information content (AvgIpc) is 2.48. The number of hydrogen-bond acceptors (Lipinski definition) is 3. The lowest BCUT2D eigenvalue weighted by atomic mass is 10.3. The van der Waals surface area contributed by atoms with Crippen molar-refractivity contribution in [1.29, 1.82) is 0 Å². The molecule has 0 bridgehead atoms. The third kappa shape index (κ3) is 3.99. The molecule has 110 valence electrons. The number of pyridine rings is 1. The van der Waals surface area contributed by atoms with E-state index >= 15 is 0 Å². The average molecular weight is 354 g/mol. The van der Waals surface area contributed by atoms with Gasteiger partial charge in [-0.3, -0.25) is 9.88 Å². The molecule has 2 amide bonds. The highest BCUT2D eigenvalue weighted by Gasteiger charge is 2.17. The number of halogens is 2. The molecule has 0 atom stereocenters. The number of nitrogens with zero attached hydrogens (tertiary/aromatic N) is 2. The zero-order valence-corrected chi connectivity index (χ0v) is 12.5. The number of aromatic nitrogens is 1. The van der Waals surface area contributed by atoms with Crippen molar-refractivity contribution < 1.29 is 14.3 Å². The van der Waals surface area contributed by atoms with Crippen LogP contribution in [0.4, 0.5) is 20.6 Å². The Morgan fingerprint density at radius 2 is 2.24 bits per heavy atom. The molecule has 2 N–H and O–H groups in total. The highest BCUT2D eigenvalue weighted by molar-refractivity contribution is 9.10. The van der Waals surface area contributed by atoms with Crippen LogP contribution in [-0.4, -0.2) is 29.3 Å². The second-order valence-electron chi connectivity index (χ2n) is 4.14. The first kappa shape index (κ1) is 15.4. The maximum absolute atomic E-state index is 13.7. The summed E-state index contributed by atoms with van der Waals surface area (Å²) in [6.45, 7) is -0.138. The summed E-state index contributed by atoms with van der Waals surface area (Å²) in [7, 11) is 0. The van der Waals surface area contributed by atoms with Gasteiger partial charge in [0.05, 0.1) is 30.7 Å². The molecule has 0 aliphatic carbocycles. The molecule has 21 heavy (non-hydrogen) atoms. The molecule has 2 aromatic rings. The van der Waals surface area contributed by atoms with Crippen molar-refractivity contribution in [1.82, 2.24) is 4.98 Å². The van der Waals surface area contributed by atoms with Crippen LogP contribution in [0.25, 0.3) is 0 Å². The molecule has 0 saturated heterocycles. The Kier molecular flexibility index (Phi) is 5.24. The van der Waals surface area contributed by atoms with Gasteiger partial charge in [-0.15, -0.1) is 0 Å². The number of hydrogen-bond donors (Lipinski definition) is 2. The van der Waals surface area contributed by atoms with E-state index in [-0.39, 0.29) is 18.8 Å². The van der Waals surface area contributed by atoms with E-state index in [1.807, 2.05) is 0 Å². The number of rotatable bonds is 4. The van der Waals surface area contributed by atoms with Crippen LogP contribution in [0.3, 0.4) is 0 Å². The topological polar surface area (TPSA) is 65.5 Å². The molecule has 0 radical (unpaired) electrons. The maximum Gasteiger partial charge on any atom is 0.326 e. The first-order chi connectivity index (χ1) is 10.1. The highest BCUT2D eigenvalue weighted by Crippen LogP contribution is 2.20. The van der Waals surface area contributed by atoms with E-state index in [1.54, 1.807) is 24.4 Å². The van der Waals surface area contributed by atoms with Crippen LogP contribution < -0.4 is 10.2 Å². The van der Waals surface area contributed by atoms with Gasteiger partial charge in [0.2, 0.25) is 0 Å². The van der Waals surface area contributed by atoms with Gasteiger partial charge in [0, 0.05) is 10.7 Å². The number of aliphatic hydroxyl groups excluding tert-OH is 1. The Morgan fingerprint density at radius 1 is 1.43 bits per heavy atom. The predicted molar refractivity (Wildman–Crippen MR) is 81.8 cm³/mol. The van der Waals surface area contributed by atoms with E-state index in [9.17, 15) is 9.18 Å². The van der Waals surface area contributed by atoms with Crippen molar-refractivity contribution >= 4 is 33.3 Å². The first-order valence-electron chi connectivity index (χ1n) is 6.16. The molecule has 0 unspecified atom stereocenters. The molecular formula is C14H13BrFN3O2. The molecule has 1 aromatic heterocycles. The van der Waals surface area contributed by atoms with Crippen LogP contribution in [-0.2, 0) is 0 Å². The molecule has 5 nitrogen and oxygen atoms in total. The second-order valence-corrected chi connectivity index (χ2v) is 5.06. The molecule has 0 saturated carbocycles. The van der Waals surface area contributed by atoms with Crippen molar-refractivity contribution in [3.8, 4) is 0 Å². The molecule has 1 aromatic carbocycles. The fourth-order valence-corrected chi connectivity index (χ4v) is 2.07. The summed E-state index contributed by atoms with van der Waals surface area (Å²) in [6, 6.07) is 7.15. The van der Waals surface area contributed by atoms with E-state index in [2.05, 4.69) is 26.2 Å². The summed E-state index contributed by atoms with van der Waals surface area (Å²) in [6.07, 6.45) is 3.07. The van der Waals surface area contributed by atoms with Gasteiger partial charge in [0.15, 0.2) is 0 Å². The van der Waals surface area contributed by atoms with Crippen LogP contribution in [0.15, 0.2) is 47.2 Å². The van der Waals surface area contributed by atoms with Crippen molar-refractivity contribution in [2.75, 3.05) is 23.4 Å². The Labute approximate surface area is 129 Å².